The normalized spacial score (nSPS) is 20.7. The highest BCUT2D eigenvalue weighted by atomic mass is 35.5. The average Bonchev–Trinajstić information content (AvgIpc) is 2.96. The molecule has 1 aliphatic rings. The minimum atomic E-state index is 0.0839. The average molecular weight is 238 g/mol. The molecule has 0 aromatic carbocycles. The molecule has 0 radical (unpaired) electrons. The molecule has 1 atom stereocenters. The molecule has 0 spiro atoms. The van der Waals surface area contributed by atoms with Crippen LogP contribution in [0.15, 0.2) is 18.3 Å². The second-order valence-electron chi connectivity index (χ2n) is 3.96. The number of rotatable bonds is 2. The molecule has 0 N–H and O–H groups in total. The van der Waals surface area contributed by atoms with Crippen LogP contribution in [0.2, 0.25) is 0 Å². The molecule has 0 aliphatic carbocycles. The second-order valence-corrected chi connectivity index (χ2v) is 4.23. The number of nitrogens with zero attached hydrogens (tertiary/aromatic N) is 3. The van der Waals surface area contributed by atoms with Crippen LogP contribution < -0.4 is 0 Å². The van der Waals surface area contributed by atoms with Gasteiger partial charge in [0.2, 0.25) is 0 Å². The van der Waals surface area contributed by atoms with Gasteiger partial charge in [0.25, 0.3) is 0 Å². The first-order chi connectivity index (χ1) is 7.88. The Bertz CT molecular complexity index is 505. The maximum atomic E-state index is 5.82. The summed E-state index contributed by atoms with van der Waals surface area (Å²) >= 11 is 5.82. The van der Waals surface area contributed by atoms with E-state index in [1.165, 1.54) is 0 Å². The first-order valence-electron chi connectivity index (χ1n) is 5.39. The Morgan fingerprint density at radius 2 is 2.38 bits per heavy atom. The number of alkyl halides is 1. The largest absolute Gasteiger partial charge is 0.370 e. The number of fused-ring (bicyclic) bond motifs is 1. The molecule has 5 heteroatoms. The van der Waals surface area contributed by atoms with Crippen molar-refractivity contribution in [2.75, 3.05) is 6.61 Å². The van der Waals surface area contributed by atoms with Crippen molar-refractivity contribution in [3.63, 3.8) is 0 Å². The summed E-state index contributed by atoms with van der Waals surface area (Å²) in [6, 6.07) is 3.90. The maximum Gasteiger partial charge on any atom is 0.166 e. The highest BCUT2D eigenvalue weighted by Crippen LogP contribution is 2.27. The summed E-state index contributed by atoms with van der Waals surface area (Å²) in [5.41, 5.74) is 1.91. The van der Waals surface area contributed by atoms with Crippen LogP contribution in [-0.2, 0) is 10.6 Å². The zero-order valence-electron chi connectivity index (χ0n) is 8.77. The first kappa shape index (κ1) is 10.1. The smallest absolute Gasteiger partial charge is 0.166 e. The standard InChI is InChI=1S/C11H12ClN3O/c12-6-8-3-4-10-13-14-11(15(10)7-8)9-2-1-5-16-9/h3-4,7,9H,1-2,5-6H2. The number of hydrogen-bond acceptors (Lipinski definition) is 3. The fourth-order valence-corrected chi connectivity index (χ4v) is 2.19. The Morgan fingerprint density at radius 3 is 3.12 bits per heavy atom. The van der Waals surface area contributed by atoms with E-state index in [1.807, 2.05) is 22.7 Å². The van der Waals surface area contributed by atoms with Gasteiger partial charge in [0.1, 0.15) is 6.10 Å². The third-order valence-corrected chi connectivity index (χ3v) is 3.17. The van der Waals surface area contributed by atoms with Crippen LogP contribution in [0, 0.1) is 0 Å². The van der Waals surface area contributed by atoms with Crippen molar-refractivity contribution in [1.82, 2.24) is 14.6 Å². The van der Waals surface area contributed by atoms with Crippen LogP contribution in [0.3, 0.4) is 0 Å². The molecule has 0 saturated carbocycles. The first-order valence-corrected chi connectivity index (χ1v) is 5.93. The molecule has 0 amide bonds. The quantitative estimate of drug-likeness (QED) is 0.753. The summed E-state index contributed by atoms with van der Waals surface area (Å²) in [4.78, 5) is 0. The number of halogens is 1. The molecule has 84 valence electrons. The molecule has 4 nitrogen and oxygen atoms in total. The van der Waals surface area contributed by atoms with Gasteiger partial charge in [0.05, 0.1) is 0 Å². The van der Waals surface area contributed by atoms with E-state index in [-0.39, 0.29) is 6.10 Å². The van der Waals surface area contributed by atoms with Crippen LogP contribution in [0.25, 0.3) is 5.65 Å². The topological polar surface area (TPSA) is 39.4 Å². The van der Waals surface area contributed by atoms with E-state index in [2.05, 4.69) is 10.2 Å². The molecule has 0 bridgehead atoms. The molecule has 2 aromatic rings. The minimum absolute atomic E-state index is 0.0839. The molecule has 1 unspecified atom stereocenters. The molecule has 1 fully saturated rings. The highest BCUT2D eigenvalue weighted by molar-refractivity contribution is 6.17. The molecule has 16 heavy (non-hydrogen) atoms. The van der Waals surface area contributed by atoms with E-state index in [1.54, 1.807) is 0 Å². The zero-order valence-corrected chi connectivity index (χ0v) is 9.52. The lowest BCUT2D eigenvalue weighted by Gasteiger charge is -2.07. The summed E-state index contributed by atoms with van der Waals surface area (Å²) in [6.07, 6.45) is 4.18. The molecule has 1 saturated heterocycles. The van der Waals surface area contributed by atoms with Crippen molar-refractivity contribution in [3.05, 3.63) is 29.7 Å². The van der Waals surface area contributed by atoms with Crippen LogP contribution >= 0.6 is 11.6 Å². The minimum Gasteiger partial charge on any atom is -0.370 e. The molecular formula is C11H12ClN3O. The van der Waals surface area contributed by atoms with E-state index < -0.39 is 0 Å². The lowest BCUT2D eigenvalue weighted by molar-refractivity contribution is 0.104. The van der Waals surface area contributed by atoms with Gasteiger partial charge in [-0.25, -0.2) is 0 Å². The molecule has 3 rings (SSSR count). The Kier molecular flexibility index (Phi) is 2.53. The lowest BCUT2D eigenvalue weighted by Crippen LogP contribution is -2.02. The Balaban J connectivity index is 2.09. The Labute approximate surface area is 98.2 Å². The predicted octanol–water partition coefficient (Wildman–Crippen LogP) is 2.32. The van der Waals surface area contributed by atoms with Crippen molar-refractivity contribution in [1.29, 1.82) is 0 Å². The Hall–Kier alpha value is -1.13. The maximum absolute atomic E-state index is 5.82. The SMILES string of the molecule is ClCc1ccc2nnc(C3CCCO3)n2c1. The van der Waals surface area contributed by atoms with E-state index in [4.69, 9.17) is 16.3 Å². The van der Waals surface area contributed by atoms with Gasteiger partial charge < -0.3 is 4.74 Å². The van der Waals surface area contributed by atoms with Gasteiger partial charge in [0.15, 0.2) is 11.5 Å². The van der Waals surface area contributed by atoms with E-state index in [9.17, 15) is 0 Å². The summed E-state index contributed by atoms with van der Waals surface area (Å²) in [5, 5.41) is 8.33. The van der Waals surface area contributed by atoms with E-state index in [0.29, 0.717) is 5.88 Å². The van der Waals surface area contributed by atoms with E-state index >= 15 is 0 Å². The second kappa shape index (κ2) is 4.03. The van der Waals surface area contributed by atoms with Crippen LogP contribution in [0.1, 0.15) is 30.3 Å². The highest BCUT2D eigenvalue weighted by Gasteiger charge is 2.22. The number of hydrogen-bond donors (Lipinski definition) is 0. The van der Waals surface area contributed by atoms with Gasteiger partial charge in [-0.3, -0.25) is 4.40 Å². The molecule has 3 heterocycles. The van der Waals surface area contributed by atoms with Gasteiger partial charge in [-0.05, 0) is 24.5 Å². The van der Waals surface area contributed by atoms with Gasteiger partial charge in [0, 0.05) is 18.7 Å². The Morgan fingerprint density at radius 1 is 1.44 bits per heavy atom. The molecule has 2 aromatic heterocycles. The lowest BCUT2D eigenvalue weighted by atomic mass is 10.2. The van der Waals surface area contributed by atoms with Crippen molar-refractivity contribution >= 4 is 17.2 Å². The van der Waals surface area contributed by atoms with Crippen LogP contribution in [0.4, 0.5) is 0 Å². The van der Waals surface area contributed by atoms with Gasteiger partial charge in [-0.1, -0.05) is 6.07 Å². The van der Waals surface area contributed by atoms with Crippen LogP contribution in [0.5, 0.6) is 0 Å². The summed E-state index contributed by atoms with van der Waals surface area (Å²) in [6.45, 7) is 0.814. The van der Waals surface area contributed by atoms with Gasteiger partial charge in [-0.15, -0.1) is 21.8 Å². The fraction of sp³-hybridized carbons (Fsp3) is 0.455. The van der Waals surface area contributed by atoms with Crippen molar-refractivity contribution in [3.8, 4) is 0 Å². The summed E-state index contributed by atoms with van der Waals surface area (Å²) in [5.74, 6) is 1.39. The number of pyridine rings is 1. The van der Waals surface area contributed by atoms with Crippen molar-refractivity contribution in [2.24, 2.45) is 0 Å². The number of aromatic nitrogens is 3. The third kappa shape index (κ3) is 1.58. The van der Waals surface area contributed by atoms with Gasteiger partial charge >= 0.3 is 0 Å². The summed E-state index contributed by atoms with van der Waals surface area (Å²) < 4.78 is 7.60. The third-order valence-electron chi connectivity index (χ3n) is 2.86. The van der Waals surface area contributed by atoms with E-state index in [0.717, 1.165) is 36.5 Å². The van der Waals surface area contributed by atoms with Crippen molar-refractivity contribution in [2.45, 2.75) is 24.8 Å². The number of ether oxygens (including phenoxy) is 1. The fourth-order valence-electron chi connectivity index (χ4n) is 2.03. The molecule has 1 aliphatic heterocycles. The van der Waals surface area contributed by atoms with Crippen LogP contribution in [-0.4, -0.2) is 21.2 Å². The van der Waals surface area contributed by atoms with Gasteiger partial charge in [-0.2, -0.15) is 0 Å². The van der Waals surface area contributed by atoms with Crippen molar-refractivity contribution < 1.29 is 4.74 Å². The predicted molar refractivity (Wildman–Crippen MR) is 60.5 cm³/mol. The monoisotopic (exact) mass is 237 g/mol. The summed E-state index contributed by atoms with van der Waals surface area (Å²) in [7, 11) is 0. The molecular weight excluding hydrogens is 226 g/mol. The zero-order chi connectivity index (χ0) is 11.0.